The molecule has 0 aromatic heterocycles. The number of esters is 1. The zero-order chi connectivity index (χ0) is 21.7. The average molecular weight is 429 g/mol. The molecule has 158 valence electrons. The number of benzene rings is 2. The minimum Gasteiger partial charge on any atom is -0.493 e. The van der Waals surface area contributed by atoms with Crippen LogP contribution in [0.2, 0.25) is 0 Å². The van der Waals surface area contributed by atoms with Gasteiger partial charge in [-0.15, -0.1) is 0 Å². The molecule has 1 atom stereocenters. The number of nitrogens with zero attached hydrogens (tertiary/aromatic N) is 2. The highest BCUT2D eigenvalue weighted by Gasteiger charge is 2.44. The summed E-state index contributed by atoms with van der Waals surface area (Å²) in [7, 11) is 4.48. The van der Waals surface area contributed by atoms with Gasteiger partial charge in [0.15, 0.2) is 16.6 Å². The summed E-state index contributed by atoms with van der Waals surface area (Å²) in [5.74, 6) is 0.588. The van der Waals surface area contributed by atoms with Crippen molar-refractivity contribution >= 4 is 34.9 Å². The van der Waals surface area contributed by atoms with Crippen LogP contribution in [-0.2, 0) is 20.7 Å². The number of carbonyl (C=O) groups excluding carboxylic acids is 2. The normalized spacial score (nSPS) is 16.0. The standard InChI is InChI=1S/C22H24N2O5S/c1-27-18-10-9-15(13-19(18)28-2)11-12-23-17(14-20(25)29-3)21(26)24(22(23)30)16-7-5-4-6-8-16/h4-10,13,17H,11-12,14H2,1-3H3. The second kappa shape index (κ2) is 9.58. The first-order valence-electron chi connectivity index (χ1n) is 9.47. The molecule has 2 aromatic rings. The van der Waals surface area contributed by atoms with Crippen molar-refractivity contribution in [2.75, 3.05) is 32.8 Å². The van der Waals surface area contributed by atoms with Crippen LogP contribution in [0.15, 0.2) is 48.5 Å². The molecule has 1 aliphatic heterocycles. The molecule has 1 heterocycles. The number of anilines is 1. The summed E-state index contributed by atoms with van der Waals surface area (Å²) in [5, 5.41) is 0.376. The fourth-order valence-corrected chi connectivity index (χ4v) is 3.84. The van der Waals surface area contributed by atoms with Gasteiger partial charge in [0.25, 0.3) is 5.91 Å². The van der Waals surface area contributed by atoms with Crippen LogP contribution in [0, 0.1) is 0 Å². The van der Waals surface area contributed by atoms with Gasteiger partial charge in [-0.25, -0.2) is 0 Å². The first-order valence-corrected chi connectivity index (χ1v) is 9.88. The Morgan fingerprint density at radius 2 is 1.73 bits per heavy atom. The second-order valence-electron chi connectivity index (χ2n) is 6.72. The molecule has 8 heteroatoms. The Balaban J connectivity index is 1.83. The van der Waals surface area contributed by atoms with Gasteiger partial charge in [0.05, 0.1) is 33.4 Å². The first-order chi connectivity index (χ1) is 14.5. The topological polar surface area (TPSA) is 68.3 Å². The lowest BCUT2D eigenvalue weighted by atomic mass is 10.1. The molecule has 0 saturated carbocycles. The number of hydrogen-bond acceptors (Lipinski definition) is 6. The van der Waals surface area contributed by atoms with E-state index < -0.39 is 12.0 Å². The average Bonchev–Trinajstić information content (AvgIpc) is 3.01. The van der Waals surface area contributed by atoms with Crippen LogP contribution in [0.5, 0.6) is 11.5 Å². The molecule has 1 unspecified atom stereocenters. The maximum atomic E-state index is 13.1. The number of methoxy groups -OCH3 is 3. The van der Waals surface area contributed by atoms with E-state index in [4.69, 9.17) is 26.4 Å². The number of ether oxygens (including phenoxy) is 3. The van der Waals surface area contributed by atoms with Crippen molar-refractivity contribution in [3.05, 3.63) is 54.1 Å². The SMILES string of the molecule is COC(=O)CC1C(=O)N(c2ccccc2)C(=S)N1CCc1ccc(OC)c(OC)c1. The van der Waals surface area contributed by atoms with Crippen molar-refractivity contribution in [1.82, 2.24) is 4.90 Å². The molecule has 1 amide bonds. The summed E-state index contributed by atoms with van der Waals surface area (Å²) in [6.45, 7) is 0.463. The van der Waals surface area contributed by atoms with E-state index in [-0.39, 0.29) is 12.3 Å². The number of para-hydroxylation sites is 1. The molecular weight excluding hydrogens is 404 g/mol. The van der Waals surface area contributed by atoms with Crippen LogP contribution in [0.25, 0.3) is 0 Å². The van der Waals surface area contributed by atoms with Gasteiger partial charge in [0, 0.05) is 6.54 Å². The van der Waals surface area contributed by atoms with E-state index in [1.54, 1.807) is 19.1 Å². The van der Waals surface area contributed by atoms with Crippen molar-refractivity contribution in [3.8, 4) is 11.5 Å². The van der Waals surface area contributed by atoms with Gasteiger partial charge in [0.2, 0.25) is 0 Å². The van der Waals surface area contributed by atoms with Crippen molar-refractivity contribution in [2.24, 2.45) is 0 Å². The van der Waals surface area contributed by atoms with Gasteiger partial charge in [-0.1, -0.05) is 24.3 Å². The number of carbonyl (C=O) groups is 2. The highest BCUT2D eigenvalue weighted by atomic mass is 32.1. The van der Waals surface area contributed by atoms with Crippen LogP contribution in [-0.4, -0.2) is 55.8 Å². The molecule has 3 rings (SSSR count). The number of hydrogen-bond donors (Lipinski definition) is 0. The monoisotopic (exact) mass is 428 g/mol. The predicted octanol–water partition coefficient (Wildman–Crippen LogP) is 2.81. The van der Waals surface area contributed by atoms with Crippen LogP contribution in [0.4, 0.5) is 5.69 Å². The Morgan fingerprint density at radius 3 is 2.37 bits per heavy atom. The molecule has 0 N–H and O–H groups in total. The third-order valence-electron chi connectivity index (χ3n) is 5.01. The van der Waals surface area contributed by atoms with Crippen molar-refractivity contribution < 1.29 is 23.8 Å². The van der Waals surface area contributed by atoms with Crippen LogP contribution >= 0.6 is 12.2 Å². The van der Waals surface area contributed by atoms with Crippen LogP contribution in [0.1, 0.15) is 12.0 Å². The van der Waals surface area contributed by atoms with Crippen LogP contribution in [0.3, 0.4) is 0 Å². The molecule has 1 aliphatic rings. The molecule has 1 fully saturated rings. The Morgan fingerprint density at radius 1 is 1.03 bits per heavy atom. The fourth-order valence-electron chi connectivity index (χ4n) is 3.43. The fraction of sp³-hybridized carbons (Fsp3) is 0.318. The predicted molar refractivity (Wildman–Crippen MR) is 117 cm³/mol. The lowest BCUT2D eigenvalue weighted by molar-refractivity contribution is -0.143. The van der Waals surface area contributed by atoms with Crippen molar-refractivity contribution in [2.45, 2.75) is 18.9 Å². The van der Waals surface area contributed by atoms with E-state index in [9.17, 15) is 9.59 Å². The number of thiocarbonyl (C=S) groups is 1. The van der Waals surface area contributed by atoms with E-state index in [2.05, 4.69) is 0 Å². The quantitative estimate of drug-likeness (QED) is 0.473. The molecule has 0 bridgehead atoms. The first kappa shape index (κ1) is 21.6. The summed E-state index contributed by atoms with van der Waals surface area (Å²) < 4.78 is 15.4. The summed E-state index contributed by atoms with van der Waals surface area (Å²) in [4.78, 5) is 28.3. The molecule has 30 heavy (non-hydrogen) atoms. The van der Waals surface area contributed by atoms with E-state index in [1.807, 2.05) is 48.5 Å². The smallest absolute Gasteiger partial charge is 0.308 e. The van der Waals surface area contributed by atoms with Crippen LogP contribution < -0.4 is 14.4 Å². The Labute approximate surface area is 181 Å². The zero-order valence-electron chi connectivity index (χ0n) is 17.2. The van der Waals surface area contributed by atoms with Crippen molar-refractivity contribution in [3.63, 3.8) is 0 Å². The third kappa shape index (κ3) is 4.38. The van der Waals surface area contributed by atoms with E-state index in [0.717, 1.165) is 5.56 Å². The van der Waals surface area contributed by atoms with Crippen molar-refractivity contribution in [1.29, 1.82) is 0 Å². The summed E-state index contributed by atoms with van der Waals surface area (Å²) in [5.41, 5.74) is 1.67. The molecule has 2 aromatic carbocycles. The molecule has 0 aliphatic carbocycles. The minimum absolute atomic E-state index is 0.0647. The van der Waals surface area contributed by atoms with Gasteiger partial charge in [0.1, 0.15) is 6.04 Å². The maximum Gasteiger partial charge on any atom is 0.308 e. The molecule has 0 spiro atoms. The lowest BCUT2D eigenvalue weighted by Crippen LogP contribution is -2.38. The highest BCUT2D eigenvalue weighted by Crippen LogP contribution is 2.30. The third-order valence-corrected chi connectivity index (χ3v) is 5.43. The van der Waals surface area contributed by atoms with Gasteiger partial charge in [-0.3, -0.25) is 14.5 Å². The van der Waals surface area contributed by atoms with Gasteiger partial charge in [-0.05, 0) is 48.5 Å². The Hall–Kier alpha value is -3.13. The highest BCUT2D eigenvalue weighted by molar-refractivity contribution is 7.80. The second-order valence-corrected chi connectivity index (χ2v) is 7.09. The minimum atomic E-state index is -0.703. The number of rotatable bonds is 8. The van der Waals surface area contributed by atoms with Gasteiger partial charge < -0.3 is 19.1 Å². The molecular formula is C22H24N2O5S. The summed E-state index contributed by atoms with van der Waals surface area (Å²) >= 11 is 5.62. The Kier molecular flexibility index (Phi) is 6.89. The van der Waals surface area contributed by atoms with E-state index in [1.165, 1.54) is 12.0 Å². The Bertz CT molecular complexity index is 934. The zero-order valence-corrected chi connectivity index (χ0v) is 18.0. The summed E-state index contributed by atoms with van der Waals surface area (Å²) in [6, 6.07) is 14.1. The summed E-state index contributed by atoms with van der Waals surface area (Å²) in [6.07, 6.45) is 0.540. The maximum absolute atomic E-state index is 13.1. The number of amides is 1. The lowest BCUT2D eigenvalue weighted by Gasteiger charge is -2.23. The molecule has 0 radical (unpaired) electrons. The van der Waals surface area contributed by atoms with E-state index >= 15 is 0 Å². The van der Waals surface area contributed by atoms with E-state index in [0.29, 0.717) is 35.3 Å². The van der Waals surface area contributed by atoms with Gasteiger partial charge >= 0.3 is 5.97 Å². The molecule has 7 nitrogen and oxygen atoms in total. The van der Waals surface area contributed by atoms with Gasteiger partial charge in [-0.2, -0.15) is 0 Å². The molecule has 1 saturated heterocycles. The largest absolute Gasteiger partial charge is 0.493 e.